The van der Waals surface area contributed by atoms with Crippen LogP contribution in [0, 0.1) is 5.41 Å². The smallest absolute Gasteiger partial charge is 0.296 e. The predicted octanol–water partition coefficient (Wildman–Crippen LogP) is 3.47. The largest absolute Gasteiger partial charge is 0.503 e. The number of H-pyrrole nitrogens is 1. The van der Waals surface area contributed by atoms with Gasteiger partial charge in [-0.3, -0.25) is 19.5 Å². The Kier molecular flexibility index (Phi) is 4.03. The number of benzene rings is 1. The van der Waals surface area contributed by atoms with Crippen LogP contribution in [0.25, 0.3) is 11.0 Å². The van der Waals surface area contributed by atoms with E-state index in [-0.39, 0.29) is 17.3 Å². The van der Waals surface area contributed by atoms with Crippen molar-refractivity contribution in [2.24, 2.45) is 5.41 Å². The lowest BCUT2D eigenvalue weighted by molar-refractivity contribution is -0.123. The van der Waals surface area contributed by atoms with Crippen molar-refractivity contribution in [1.82, 2.24) is 15.0 Å². The summed E-state index contributed by atoms with van der Waals surface area (Å²) in [5, 5.41) is 10.6. The molecular weight excluding hydrogens is 356 g/mol. The van der Waals surface area contributed by atoms with Crippen molar-refractivity contribution in [3.05, 3.63) is 65.7 Å². The summed E-state index contributed by atoms with van der Waals surface area (Å²) in [7, 11) is 0. The van der Waals surface area contributed by atoms with Crippen LogP contribution in [0.2, 0.25) is 0 Å². The predicted molar refractivity (Wildman–Crippen MR) is 105 cm³/mol. The number of pyridine rings is 1. The number of aliphatic hydroxyl groups excluding tert-OH is 1. The third-order valence-electron chi connectivity index (χ3n) is 4.76. The van der Waals surface area contributed by atoms with E-state index < -0.39 is 23.1 Å². The van der Waals surface area contributed by atoms with E-state index in [1.54, 1.807) is 45.3 Å². The zero-order valence-corrected chi connectivity index (χ0v) is 15.8. The maximum atomic E-state index is 13.1. The number of anilines is 1. The van der Waals surface area contributed by atoms with Crippen LogP contribution in [0.15, 0.2) is 60.1 Å². The van der Waals surface area contributed by atoms with E-state index in [0.717, 1.165) is 5.52 Å². The second-order valence-electron chi connectivity index (χ2n) is 7.78. The van der Waals surface area contributed by atoms with Crippen molar-refractivity contribution in [3.63, 3.8) is 0 Å². The summed E-state index contributed by atoms with van der Waals surface area (Å²) in [5.41, 5.74) is 1.42. The molecule has 3 heterocycles. The van der Waals surface area contributed by atoms with E-state index in [2.05, 4.69) is 15.0 Å². The number of ketones is 1. The highest BCUT2D eigenvalue weighted by Crippen LogP contribution is 2.42. The standard InChI is InChI=1S/C21H20N4O3/c1-21(2,3)18(27)15-16(12-8-10-22-11-9-12)25(19(28)17(15)26)20-23-13-6-4-5-7-14(13)24-20/h4-11,16,26H,1-3H3,(H,23,24). The van der Waals surface area contributed by atoms with Gasteiger partial charge in [0.05, 0.1) is 22.6 Å². The lowest BCUT2D eigenvalue weighted by Crippen LogP contribution is -2.33. The molecule has 1 aromatic carbocycles. The number of carbonyl (C=O) groups is 2. The Morgan fingerprint density at radius 1 is 1.14 bits per heavy atom. The van der Waals surface area contributed by atoms with Gasteiger partial charge in [-0.2, -0.15) is 0 Å². The topological polar surface area (TPSA) is 99.2 Å². The fourth-order valence-corrected chi connectivity index (χ4v) is 3.37. The first-order chi connectivity index (χ1) is 13.3. The van der Waals surface area contributed by atoms with E-state index >= 15 is 0 Å². The van der Waals surface area contributed by atoms with Crippen molar-refractivity contribution < 1.29 is 14.7 Å². The summed E-state index contributed by atoms with van der Waals surface area (Å²) in [6.07, 6.45) is 3.18. The van der Waals surface area contributed by atoms with Crippen LogP contribution >= 0.6 is 0 Å². The highest BCUT2D eigenvalue weighted by molar-refractivity contribution is 6.17. The Balaban J connectivity index is 1.91. The molecule has 0 radical (unpaired) electrons. The Bertz CT molecular complexity index is 1080. The molecule has 1 aliphatic rings. The molecule has 28 heavy (non-hydrogen) atoms. The third kappa shape index (κ3) is 2.76. The van der Waals surface area contributed by atoms with Crippen LogP contribution in [-0.4, -0.2) is 31.7 Å². The molecule has 0 saturated carbocycles. The molecule has 1 unspecified atom stereocenters. The summed E-state index contributed by atoms with van der Waals surface area (Å²) in [6.45, 7) is 5.27. The molecule has 7 nitrogen and oxygen atoms in total. The Labute approximate surface area is 161 Å². The molecule has 142 valence electrons. The van der Waals surface area contributed by atoms with E-state index in [0.29, 0.717) is 11.1 Å². The number of aromatic nitrogens is 3. The second-order valence-corrected chi connectivity index (χ2v) is 7.78. The van der Waals surface area contributed by atoms with Crippen molar-refractivity contribution in [2.75, 3.05) is 4.90 Å². The summed E-state index contributed by atoms with van der Waals surface area (Å²) >= 11 is 0. The molecule has 2 N–H and O–H groups in total. The Hall–Kier alpha value is -3.48. The molecule has 1 aliphatic heterocycles. The van der Waals surface area contributed by atoms with Crippen LogP contribution < -0.4 is 4.90 Å². The van der Waals surface area contributed by atoms with Gasteiger partial charge in [0.25, 0.3) is 5.91 Å². The SMILES string of the molecule is CC(C)(C)C(=O)C1=C(O)C(=O)N(c2nc3ccccc3[nH]2)C1c1ccncc1. The highest BCUT2D eigenvalue weighted by atomic mass is 16.3. The number of aromatic amines is 1. The minimum Gasteiger partial charge on any atom is -0.503 e. The first-order valence-electron chi connectivity index (χ1n) is 8.95. The maximum Gasteiger partial charge on any atom is 0.296 e. The number of imidazole rings is 1. The monoisotopic (exact) mass is 376 g/mol. The highest BCUT2D eigenvalue weighted by Gasteiger charge is 2.47. The molecule has 2 aromatic heterocycles. The first-order valence-corrected chi connectivity index (χ1v) is 8.95. The molecule has 1 atom stereocenters. The van der Waals surface area contributed by atoms with Gasteiger partial charge < -0.3 is 10.1 Å². The van der Waals surface area contributed by atoms with E-state index in [1.165, 1.54) is 4.90 Å². The van der Waals surface area contributed by atoms with Crippen LogP contribution in [0.3, 0.4) is 0 Å². The average Bonchev–Trinajstić information content (AvgIpc) is 3.20. The van der Waals surface area contributed by atoms with Crippen LogP contribution in [-0.2, 0) is 9.59 Å². The van der Waals surface area contributed by atoms with Gasteiger partial charge in [-0.15, -0.1) is 0 Å². The molecule has 3 aromatic rings. The van der Waals surface area contributed by atoms with Crippen molar-refractivity contribution in [2.45, 2.75) is 26.8 Å². The molecule has 0 saturated heterocycles. The number of rotatable bonds is 3. The van der Waals surface area contributed by atoms with Crippen molar-refractivity contribution in [1.29, 1.82) is 0 Å². The number of Topliss-reactive ketones (excluding diaryl/α,β-unsaturated/α-hetero) is 1. The van der Waals surface area contributed by atoms with E-state index in [1.807, 2.05) is 24.3 Å². The average molecular weight is 376 g/mol. The Morgan fingerprint density at radius 3 is 2.46 bits per heavy atom. The van der Waals surface area contributed by atoms with Crippen LogP contribution in [0.5, 0.6) is 0 Å². The van der Waals surface area contributed by atoms with Gasteiger partial charge in [-0.25, -0.2) is 4.98 Å². The summed E-state index contributed by atoms with van der Waals surface area (Å²) in [4.78, 5) is 39.1. The third-order valence-corrected chi connectivity index (χ3v) is 4.76. The molecule has 0 bridgehead atoms. The summed E-state index contributed by atoms with van der Waals surface area (Å²) in [6, 6.07) is 10.0. The van der Waals surface area contributed by atoms with Crippen LogP contribution in [0.1, 0.15) is 32.4 Å². The Morgan fingerprint density at radius 2 is 1.82 bits per heavy atom. The number of carbonyl (C=O) groups excluding carboxylic acids is 2. The minimum atomic E-state index is -0.789. The van der Waals surface area contributed by atoms with Gasteiger partial charge >= 0.3 is 0 Å². The number of fused-ring (bicyclic) bond motifs is 1. The number of para-hydroxylation sites is 2. The quantitative estimate of drug-likeness (QED) is 0.729. The summed E-state index contributed by atoms with van der Waals surface area (Å²) in [5.74, 6) is -1.22. The molecule has 0 fully saturated rings. The van der Waals surface area contributed by atoms with Crippen molar-refractivity contribution in [3.8, 4) is 0 Å². The molecule has 1 amide bonds. The first kappa shape index (κ1) is 17.9. The molecular formula is C21H20N4O3. The molecule has 4 rings (SSSR count). The van der Waals surface area contributed by atoms with Gasteiger partial charge in [0, 0.05) is 17.8 Å². The van der Waals surface area contributed by atoms with Crippen molar-refractivity contribution >= 4 is 28.7 Å². The molecule has 7 heteroatoms. The normalized spacial score (nSPS) is 17.6. The van der Waals surface area contributed by atoms with Gasteiger partial charge in [0.1, 0.15) is 0 Å². The molecule has 0 aliphatic carbocycles. The van der Waals surface area contributed by atoms with Gasteiger partial charge in [-0.1, -0.05) is 32.9 Å². The van der Waals surface area contributed by atoms with Gasteiger partial charge in [0.2, 0.25) is 5.95 Å². The lowest BCUT2D eigenvalue weighted by Gasteiger charge is -2.27. The van der Waals surface area contributed by atoms with E-state index in [4.69, 9.17) is 0 Å². The molecule has 0 spiro atoms. The second kappa shape index (κ2) is 6.30. The lowest BCUT2D eigenvalue weighted by atomic mass is 9.82. The zero-order chi connectivity index (χ0) is 20.1. The van der Waals surface area contributed by atoms with Gasteiger partial charge in [-0.05, 0) is 29.8 Å². The number of hydrogen-bond donors (Lipinski definition) is 2. The number of nitrogens with zero attached hydrogens (tertiary/aromatic N) is 3. The number of hydrogen-bond acceptors (Lipinski definition) is 5. The number of amides is 1. The number of nitrogens with one attached hydrogen (secondary N) is 1. The van der Waals surface area contributed by atoms with E-state index in [9.17, 15) is 14.7 Å². The fourth-order valence-electron chi connectivity index (χ4n) is 3.37. The number of aliphatic hydroxyl groups is 1. The van der Waals surface area contributed by atoms with Crippen LogP contribution in [0.4, 0.5) is 5.95 Å². The maximum absolute atomic E-state index is 13.1. The zero-order valence-electron chi connectivity index (χ0n) is 15.8. The summed E-state index contributed by atoms with van der Waals surface area (Å²) < 4.78 is 0. The minimum absolute atomic E-state index is 0.0733. The fraction of sp³-hybridized carbons (Fsp3) is 0.238. The van der Waals surface area contributed by atoms with Gasteiger partial charge in [0.15, 0.2) is 11.5 Å².